The van der Waals surface area contributed by atoms with Gasteiger partial charge in [-0.25, -0.2) is 8.42 Å². The van der Waals surface area contributed by atoms with Gasteiger partial charge in [0.2, 0.25) is 0 Å². The molecule has 0 spiro atoms. The maximum atomic E-state index is 12.3. The first-order valence-corrected chi connectivity index (χ1v) is 7.32. The average Bonchev–Trinajstić information content (AvgIpc) is 2.18. The lowest BCUT2D eigenvalue weighted by molar-refractivity contribution is 0.389. The standard InChI is InChI=1S/C11H17NO2S/c12-9-11(7-4-8-11)15(13,14)10-5-2-1-3-6-10/h10H,1-8H2. The molecule has 0 saturated heterocycles. The lowest BCUT2D eigenvalue weighted by Gasteiger charge is -2.38. The largest absolute Gasteiger partial charge is 0.227 e. The van der Waals surface area contributed by atoms with Gasteiger partial charge in [-0.1, -0.05) is 19.3 Å². The van der Waals surface area contributed by atoms with Crippen molar-refractivity contribution in [2.45, 2.75) is 61.4 Å². The van der Waals surface area contributed by atoms with Crippen molar-refractivity contribution in [2.75, 3.05) is 0 Å². The molecule has 84 valence electrons. The Bertz CT molecular complexity index is 370. The van der Waals surface area contributed by atoms with Crippen molar-refractivity contribution in [3.8, 4) is 6.07 Å². The van der Waals surface area contributed by atoms with Crippen molar-refractivity contribution in [3.05, 3.63) is 0 Å². The van der Waals surface area contributed by atoms with Crippen LogP contribution in [0.5, 0.6) is 0 Å². The SMILES string of the molecule is N#CC1(S(=O)(=O)C2CCCCC2)CCC1. The Morgan fingerprint density at radius 2 is 1.67 bits per heavy atom. The Labute approximate surface area is 91.4 Å². The molecule has 0 atom stereocenters. The number of nitrogens with zero attached hydrogens (tertiary/aromatic N) is 1. The van der Waals surface area contributed by atoms with Crippen LogP contribution in [0.4, 0.5) is 0 Å². The van der Waals surface area contributed by atoms with Crippen LogP contribution in [0.15, 0.2) is 0 Å². The van der Waals surface area contributed by atoms with Crippen LogP contribution in [0.3, 0.4) is 0 Å². The zero-order chi connectivity index (χ0) is 10.9. The first kappa shape index (κ1) is 10.9. The lowest BCUT2D eigenvalue weighted by atomic mass is 9.86. The normalized spacial score (nSPS) is 26.6. The van der Waals surface area contributed by atoms with Crippen LogP contribution in [0.2, 0.25) is 0 Å². The van der Waals surface area contributed by atoms with Crippen LogP contribution < -0.4 is 0 Å². The van der Waals surface area contributed by atoms with Gasteiger partial charge in [0.15, 0.2) is 14.6 Å². The second-order valence-electron chi connectivity index (χ2n) is 4.76. The maximum Gasteiger partial charge on any atom is 0.172 e. The van der Waals surface area contributed by atoms with Gasteiger partial charge in [0.1, 0.15) is 0 Å². The summed E-state index contributed by atoms with van der Waals surface area (Å²) < 4.78 is 23.6. The molecule has 0 bridgehead atoms. The van der Waals surface area contributed by atoms with Crippen molar-refractivity contribution in [3.63, 3.8) is 0 Å². The van der Waals surface area contributed by atoms with Gasteiger partial charge >= 0.3 is 0 Å². The minimum atomic E-state index is -3.20. The van der Waals surface area contributed by atoms with E-state index in [2.05, 4.69) is 6.07 Å². The van der Waals surface area contributed by atoms with Crippen LogP contribution in [0.25, 0.3) is 0 Å². The van der Waals surface area contributed by atoms with E-state index in [-0.39, 0.29) is 5.25 Å². The van der Waals surface area contributed by atoms with Crippen molar-refractivity contribution in [2.24, 2.45) is 0 Å². The molecular formula is C11H17NO2S. The molecule has 0 unspecified atom stereocenters. The maximum absolute atomic E-state index is 12.3. The summed E-state index contributed by atoms with van der Waals surface area (Å²) in [6.45, 7) is 0. The van der Waals surface area contributed by atoms with Crippen LogP contribution in [0, 0.1) is 11.3 Å². The molecule has 2 rings (SSSR count). The summed E-state index contributed by atoms with van der Waals surface area (Å²) in [6, 6.07) is 2.06. The topological polar surface area (TPSA) is 57.9 Å². The van der Waals surface area contributed by atoms with Crippen LogP contribution in [-0.4, -0.2) is 18.4 Å². The molecule has 15 heavy (non-hydrogen) atoms. The molecule has 3 nitrogen and oxygen atoms in total. The minimum absolute atomic E-state index is 0.230. The Balaban J connectivity index is 2.22. The third kappa shape index (κ3) is 1.57. The summed E-state index contributed by atoms with van der Waals surface area (Å²) >= 11 is 0. The van der Waals surface area contributed by atoms with Gasteiger partial charge < -0.3 is 0 Å². The van der Waals surface area contributed by atoms with E-state index in [1.54, 1.807) is 0 Å². The second-order valence-corrected chi connectivity index (χ2v) is 7.30. The van der Waals surface area contributed by atoms with Crippen LogP contribution >= 0.6 is 0 Å². The highest BCUT2D eigenvalue weighted by Crippen LogP contribution is 2.43. The molecule has 0 radical (unpaired) electrons. The summed E-state index contributed by atoms with van der Waals surface area (Å²) in [5.74, 6) is 0. The van der Waals surface area contributed by atoms with Gasteiger partial charge in [-0.2, -0.15) is 5.26 Å². The summed E-state index contributed by atoms with van der Waals surface area (Å²) in [5.41, 5.74) is 0. The van der Waals surface area contributed by atoms with E-state index in [9.17, 15) is 8.42 Å². The fraction of sp³-hybridized carbons (Fsp3) is 0.909. The van der Waals surface area contributed by atoms with Gasteiger partial charge in [0.05, 0.1) is 11.3 Å². The highest BCUT2D eigenvalue weighted by Gasteiger charge is 2.52. The van der Waals surface area contributed by atoms with E-state index in [1.807, 2.05) is 0 Å². The molecule has 2 aliphatic rings. The first-order valence-electron chi connectivity index (χ1n) is 5.77. The summed E-state index contributed by atoms with van der Waals surface area (Å²) in [4.78, 5) is 0. The monoisotopic (exact) mass is 227 g/mol. The molecule has 0 aromatic heterocycles. The molecule has 0 aromatic carbocycles. The molecule has 2 saturated carbocycles. The fourth-order valence-electron chi connectivity index (χ4n) is 2.65. The van der Waals surface area contributed by atoms with Crippen molar-refractivity contribution in [1.29, 1.82) is 5.26 Å². The Hall–Kier alpha value is -0.560. The van der Waals surface area contributed by atoms with Crippen molar-refractivity contribution in [1.82, 2.24) is 0 Å². The predicted molar refractivity (Wildman–Crippen MR) is 58.0 cm³/mol. The predicted octanol–water partition coefficient (Wildman–Crippen LogP) is 2.18. The van der Waals surface area contributed by atoms with Gasteiger partial charge in [-0.15, -0.1) is 0 Å². The number of hydrogen-bond acceptors (Lipinski definition) is 3. The van der Waals surface area contributed by atoms with Gasteiger partial charge in [0, 0.05) is 0 Å². The highest BCUT2D eigenvalue weighted by atomic mass is 32.2. The van der Waals surface area contributed by atoms with Gasteiger partial charge in [0.25, 0.3) is 0 Å². The molecule has 0 aliphatic heterocycles. The molecule has 2 aliphatic carbocycles. The summed E-state index contributed by atoms with van der Waals surface area (Å²) in [7, 11) is -3.20. The van der Waals surface area contributed by atoms with E-state index in [0.29, 0.717) is 12.8 Å². The molecule has 0 aromatic rings. The molecule has 2 fully saturated rings. The Kier molecular flexibility index (Phi) is 2.76. The third-order valence-electron chi connectivity index (χ3n) is 3.90. The third-order valence-corrected chi connectivity index (χ3v) is 6.84. The molecule has 0 N–H and O–H groups in total. The Morgan fingerprint density at radius 1 is 1.07 bits per heavy atom. The number of rotatable bonds is 2. The average molecular weight is 227 g/mol. The summed E-state index contributed by atoms with van der Waals surface area (Å²) in [5, 5.41) is 8.84. The van der Waals surface area contributed by atoms with E-state index < -0.39 is 14.6 Å². The van der Waals surface area contributed by atoms with Crippen molar-refractivity contribution < 1.29 is 8.42 Å². The van der Waals surface area contributed by atoms with Gasteiger partial charge in [-0.05, 0) is 32.1 Å². The van der Waals surface area contributed by atoms with Crippen molar-refractivity contribution >= 4 is 9.84 Å². The van der Waals surface area contributed by atoms with E-state index in [4.69, 9.17) is 5.26 Å². The lowest BCUT2D eigenvalue weighted by Crippen LogP contribution is -2.49. The molecule has 4 heteroatoms. The number of nitriles is 1. The first-order chi connectivity index (χ1) is 7.12. The van der Waals surface area contributed by atoms with E-state index >= 15 is 0 Å². The van der Waals surface area contributed by atoms with E-state index in [1.165, 1.54) is 0 Å². The number of hydrogen-bond donors (Lipinski definition) is 0. The molecule has 0 amide bonds. The molecular weight excluding hydrogens is 210 g/mol. The highest BCUT2D eigenvalue weighted by molar-refractivity contribution is 7.93. The zero-order valence-corrected chi connectivity index (χ0v) is 9.72. The van der Waals surface area contributed by atoms with Crippen LogP contribution in [0.1, 0.15) is 51.4 Å². The summed E-state index contributed by atoms with van der Waals surface area (Å²) in [6.07, 6.45) is 6.70. The van der Waals surface area contributed by atoms with Crippen LogP contribution in [-0.2, 0) is 9.84 Å². The number of sulfone groups is 1. The Morgan fingerprint density at radius 3 is 2.07 bits per heavy atom. The smallest absolute Gasteiger partial charge is 0.172 e. The quantitative estimate of drug-likeness (QED) is 0.726. The second kappa shape index (κ2) is 3.79. The molecule has 0 heterocycles. The fourth-order valence-corrected chi connectivity index (χ4v) is 5.23. The van der Waals surface area contributed by atoms with Gasteiger partial charge in [-0.3, -0.25) is 0 Å². The van der Waals surface area contributed by atoms with E-state index in [0.717, 1.165) is 38.5 Å². The zero-order valence-electron chi connectivity index (χ0n) is 8.91. The minimum Gasteiger partial charge on any atom is -0.227 e.